The first kappa shape index (κ1) is 26.9. The number of esters is 2. The van der Waals surface area contributed by atoms with Crippen LogP contribution in [0.15, 0.2) is 0 Å². The first-order valence-electron chi connectivity index (χ1n) is 11.8. The van der Waals surface area contributed by atoms with Crippen molar-refractivity contribution in [3.05, 3.63) is 0 Å². The van der Waals surface area contributed by atoms with Crippen molar-refractivity contribution in [2.24, 2.45) is 0 Å². The van der Waals surface area contributed by atoms with E-state index in [4.69, 9.17) is 9.47 Å². The first-order valence-corrected chi connectivity index (χ1v) is 11.8. The van der Waals surface area contributed by atoms with Crippen LogP contribution in [0.25, 0.3) is 0 Å². The lowest BCUT2D eigenvalue weighted by molar-refractivity contribution is -0.148. The Morgan fingerprint density at radius 2 is 0.679 bits per heavy atom. The predicted octanol–water partition coefficient (Wildman–Crippen LogP) is 7.13. The van der Waals surface area contributed by atoms with E-state index in [-0.39, 0.29) is 24.1 Å². The number of carbonyl (C=O) groups is 2. The Hall–Kier alpha value is -1.06. The van der Waals surface area contributed by atoms with Gasteiger partial charge in [0.25, 0.3) is 0 Å². The Kier molecular flexibility index (Phi) is 18.5. The van der Waals surface area contributed by atoms with Crippen molar-refractivity contribution in [3.63, 3.8) is 0 Å². The SMILES string of the molecule is CC(C)OC(=O)CCCCCCCCCCCCCCCCC(=O)OC(C)C. The van der Waals surface area contributed by atoms with E-state index in [1.165, 1.54) is 64.2 Å². The van der Waals surface area contributed by atoms with Gasteiger partial charge in [-0.1, -0.05) is 77.0 Å². The van der Waals surface area contributed by atoms with Gasteiger partial charge in [-0.3, -0.25) is 9.59 Å². The number of rotatable bonds is 19. The van der Waals surface area contributed by atoms with Gasteiger partial charge in [-0.2, -0.15) is 0 Å². The van der Waals surface area contributed by atoms with Crippen molar-refractivity contribution < 1.29 is 19.1 Å². The molecule has 0 unspecified atom stereocenters. The molecule has 0 spiro atoms. The van der Waals surface area contributed by atoms with Gasteiger partial charge in [0.15, 0.2) is 0 Å². The largest absolute Gasteiger partial charge is 0.463 e. The fourth-order valence-corrected chi connectivity index (χ4v) is 3.30. The van der Waals surface area contributed by atoms with Crippen LogP contribution in [0, 0.1) is 0 Å². The Morgan fingerprint density at radius 3 is 0.893 bits per heavy atom. The van der Waals surface area contributed by atoms with Crippen molar-refractivity contribution in [1.82, 2.24) is 0 Å². The lowest BCUT2D eigenvalue weighted by Gasteiger charge is -2.07. The minimum absolute atomic E-state index is 0.00725. The quantitative estimate of drug-likeness (QED) is 0.171. The molecule has 0 aliphatic heterocycles. The summed E-state index contributed by atoms with van der Waals surface area (Å²) in [5.74, 6) is -0.104. The van der Waals surface area contributed by atoms with Gasteiger partial charge in [-0.05, 0) is 40.5 Å². The van der Waals surface area contributed by atoms with E-state index in [9.17, 15) is 9.59 Å². The Labute approximate surface area is 174 Å². The zero-order valence-corrected chi connectivity index (χ0v) is 19.1. The highest BCUT2D eigenvalue weighted by Crippen LogP contribution is 2.14. The summed E-state index contributed by atoms with van der Waals surface area (Å²) in [6.45, 7) is 7.58. The topological polar surface area (TPSA) is 52.6 Å². The van der Waals surface area contributed by atoms with Gasteiger partial charge in [0.05, 0.1) is 12.2 Å². The number of hydrogen-bond donors (Lipinski definition) is 0. The maximum absolute atomic E-state index is 11.4. The summed E-state index contributed by atoms with van der Waals surface area (Å²) in [6, 6.07) is 0. The smallest absolute Gasteiger partial charge is 0.306 e. The highest BCUT2D eigenvalue weighted by Gasteiger charge is 2.05. The maximum Gasteiger partial charge on any atom is 0.306 e. The molecule has 0 aliphatic carbocycles. The molecule has 28 heavy (non-hydrogen) atoms. The van der Waals surface area contributed by atoms with Crippen LogP contribution in [-0.4, -0.2) is 24.1 Å². The fraction of sp³-hybridized carbons (Fsp3) is 0.917. The van der Waals surface area contributed by atoms with Crippen LogP contribution in [0.5, 0.6) is 0 Å². The van der Waals surface area contributed by atoms with Crippen LogP contribution in [0.1, 0.15) is 130 Å². The number of ether oxygens (including phenoxy) is 2. The van der Waals surface area contributed by atoms with Crippen LogP contribution >= 0.6 is 0 Å². The maximum atomic E-state index is 11.4. The number of carbonyl (C=O) groups excluding carboxylic acids is 2. The van der Waals surface area contributed by atoms with Crippen molar-refractivity contribution in [1.29, 1.82) is 0 Å². The van der Waals surface area contributed by atoms with Gasteiger partial charge in [-0.25, -0.2) is 0 Å². The molecule has 0 saturated heterocycles. The molecule has 0 aromatic heterocycles. The molecular formula is C24H46O4. The molecule has 0 fully saturated rings. The van der Waals surface area contributed by atoms with Crippen LogP contribution in [0.4, 0.5) is 0 Å². The summed E-state index contributed by atoms with van der Waals surface area (Å²) in [4.78, 5) is 22.8. The van der Waals surface area contributed by atoms with Gasteiger partial charge in [0, 0.05) is 12.8 Å². The zero-order chi connectivity index (χ0) is 21.0. The van der Waals surface area contributed by atoms with Crippen LogP contribution < -0.4 is 0 Å². The molecule has 0 aromatic rings. The van der Waals surface area contributed by atoms with Crippen molar-refractivity contribution in [3.8, 4) is 0 Å². The third-order valence-corrected chi connectivity index (χ3v) is 4.75. The molecule has 166 valence electrons. The van der Waals surface area contributed by atoms with Crippen molar-refractivity contribution >= 4 is 11.9 Å². The van der Waals surface area contributed by atoms with Gasteiger partial charge in [0.2, 0.25) is 0 Å². The molecule has 0 radical (unpaired) electrons. The lowest BCUT2D eigenvalue weighted by Crippen LogP contribution is -2.10. The molecule has 0 N–H and O–H groups in total. The normalized spacial score (nSPS) is 11.2. The molecule has 0 heterocycles. The monoisotopic (exact) mass is 398 g/mol. The van der Waals surface area contributed by atoms with Crippen LogP contribution in [-0.2, 0) is 19.1 Å². The number of hydrogen-bond acceptors (Lipinski definition) is 4. The highest BCUT2D eigenvalue weighted by atomic mass is 16.5. The van der Waals surface area contributed by atoms with Gasteiger partial charge in [-0.15, -0.1) is 0 Å². The fourth-order valence-electron chi connectivity index (χ4n) is 3.30. The van der Waals surface area contributed by atoms with Crippen LogP contribution in [0.3, 0.4) is 0 Å². The molecule has 4 heteroatoms. The van der Waals surface area contributed by atoms with E-state index in [2.05, 4.69) is 0 Å². The minimum atomic E-state index is -0.0522. The van der Waals surface area contributed by atoms with Gasteiger partial charge < -0.3 is 9.47 Å². The molecule has 0 aliphatic rings. The summed E-state index contributed by atoms with van der Waals surface area (Å²) in [5.41, 5.74) is 0. The predicted molar refractivity (Wildman–Crippen MR) is 116 cm³/mol. The molecule has 0 saturated carbocycles. The minimum Gasteiger partial charge on any atom is -0.463 e. The summed E-state index contributed by atoms with van der Waals surface area (Å²) < 4.78 is 10.3. The second kappa shape index (κ2) is 19.3. The molecule has 0 aromatic carbocycles. The molecule has 4 nitrogen and oxygen atoms in total. The molecule has 0 atom stereocenters. The van der Waals surface area contributed by atoms with Crippen molar-refractivity contribution in [2.45, 2.75) is 143 Å². The zero-order valence-electron chi connectivity index (χ0n) is 19.1. The van der Waals surface area contributed by atoms with E-state index >= 15 is 0 Å². The van der Waals surface area contributed by atoms with E-state index in [0.29, 0.717) is 12.8 Å². The molecule has 0 bridgehead atoms. The third kappa shape index (κ3) is 21.2. The summed E-state index contributed by atoms with van der Waals surface area (Å²) in [7, 11) is 0. The highest BCUT2D eigenvalue weighted by molar-refractivity contribution is 5.69. The first-order chi connectivity index (χ1) is 13.4. The summed E-state index contributed by atoms with van der Waals surface area (Å²) in [5, 5.41) is 0. The van der Waals surface area contributed by atoms with E-state index in [1.54, 1.807) is 0 Å². The second-order valence-electron chi connectivity index (χ2n) is 8.53. The van der Waals surface area contributed by atoms with Crippen LogP contribution in [0.2, 0.25) is 0 Å². The van der Waals surface area contributed by atoms with Crippen molar-refractivity contribution in [2.75, 3.05) is 0 Å². The lowest BCUT2D eigenvalue weighted by atomic mass is 10.0. The van der Waals surface area contributed by atoms with E-state index in [1.807, 2.05) is 27.7 Å². The Balaban J connectivity index is 3.16. The van der Waals surface area contributed by atoms with E-state index < -0.39 is 0 Å². The Morgan fingerprint density at radius 1 is 0.464 bits per heavy atom. The van der Waals surface area contributed by atoms with E-state index in [0.717, 1.165) is 25.7 Å². The molecular weight excluding hydrogens is 352 g/mol. The second-order valence-corrected chi connectivity index (χ2v) is 8.53. The molecule has 0 amide bonds. The number of unbranched alkanes of at least 4 members (excludes halogenated alkanes) is 13. The van der Waals surface area contributed by atoms with Gasteiger partial charge in [0.1, 0.15) is 0 Å². The molecule has 0 rings (SSSR count). The third-order valence-electron chi connectivity index (χ3n) is 4.75. The summed E-state index contributed by atoms with van der Waals surface area (Å²) in [6.07, 6.45) is 18.4. The average molecular weight is 399 g/mol. The Bertz CT molecular complexity index is 341. The standard InChI is InChI=1S/C24H46O4/c1-21(2)27-23(25)19-17-15-13-11-9-7-5-6-8-10-12-14-16-18-20-24(26)28-22(3)4/h21-22H,5-20H2,1-4H3. The van der Waals surface area contributed by atoms with Gasteiger partial charge >= 0.3 is 11.9 Å². The summed E-state index contributed by atoms with van der Waals surface area (Å²) >= 11 is 0. The average Bonchev–Trinajstić information content (AvgIpc) is 2.60.